The van der Waals surface area contributed by atoms with Crippen molar-refractivity contribution < 1.29 is 5.11 Å². The minimum Gasteiger partial charge on any atom is -0.393 e. The second-order valence-electron chi connectivity index (χ2n) is 3.11. The number of nitrogens with one attached hydrogen (secondary N) is 1. The molecule has 78 valence electrons. The van der Waals surface area contributed by atoms with Crippen molar-refractivity contribution in [2.75, 3.05) is 11.9 Å². The minimum atomic E-state index is -0.255. The van der Waals surface area contributed by atoms with Crippen molar-refractivity contribution in [1.29, 1.82) is 0 Å². The summed E-state index contributed by atoms with van der Waals surface area (Å²) < 4.78 is 0. The third-order valence-corrected chi connectivity index (χ3v) is 2.02. The average Bonchev–Trinajstić information content (AvgIpc) is 2.15. The molecule has 1 rings (SSSR count). The molecule has 14 heavy (non-hydrogen) atoms. The number of aromatic nitrogens is 2. The van der Waals surface area contributed by atoms with Crippen LogP contribution in [0.4, 0.5) is 5.82 Å². The van der Waals surface area contributed by atoms with Crippen LogP contribution < -0.4 is 5.32 Å². The van der Waals surface area contributed by atoms with Gasteiger partial charge in [-0.2, -0.15) is 0 Å². The average molecular weight is 216 g/mol. The molecule has 0 aliphatic carbocycles. The molecule has 0 bridgehead atoms. The number of nitrogens with zero attached hydrogens (tertiary/aromatic N) is 2. The zero-order chi connectivity index (χ0) is 10.4. The van der Waals surface area contributed by atoms with E-state index in [4.69, 9.17) is 16.7 Å². The summed E-state index contributed by atoms with van der Waals surface area (Å²) >= 11 is 5.78. The minimum absolute atomic E-state index is 0.255. The second-order valence-corrected chi connectivity index (χ2v) is 3.47. The molecular weight excluding hydrogens is 202 g/mol. The molecule has 0 radical (unpaired) electrons. The molecule has 1 aromatic heterocycles. The number of aliphatic hydroxyl groups excluding tert-OH is 1. The van der Waals surface area contributed by atoms with Crippen LogP contribution in [0.25, 0.3) is 0 Å². The van der Waals surface area contributed by atoms with Gasteiger partial charge in [-0.3, -0.25) is 0 Å². The lowest BCUT2D eigenvalue weighted by Gasteiger charge is -2.06. The first-order valence-electron chi connectivity index (χ1n) is 4.58. The van der Waals surface area contributed by atoms with Crippen molar-refractivity contribution in [2.45, 2.75) is 25.9 Å². The van der Waals surface area contributed by atoms with Crippen molar-refractivity contribution in [3.05, 3.63) is 17.5 Å². The monoisotopic (exact) mass is 215 g/mol. The van der Waals surface area contributed by atoms with Crippen LogP contribution in [-0.4, -0.2) is 27.7 Å². The predicted octanol–water partition coefficient (Wildman–Crippen LogP) is 1.70. The Morgan fingerprint density at radius 2 is 2.21 bits per heavy atom. The second kappa shape index (κ2) is 5.78. The SMILES string of the molecule is CC(O)CCCNc1nccnc1Cl. The van der Waals surface area contributed by atoms with Crippen molar-refractivity contribution >= 4 is 17.4 Å². The fourth-order valence-electron chi connectivity index (χ4n) is 1.04. The van der Waals surface area contributed by atoms with Crippen molar-refractivity contribution in [1.82, 2.24) is 9.97 Å². The Morgan fingerprint density at radius 1 is 1.50 bits per heavy atom. The van der Waals surface area contributed by atoms with Crippen LogP contribution in [0.2, 0.25) is 5.15 Å². The van der Waals surface area contributed by atoms with E-state index in [2.05, 4.69) is 15.3 Å². The van der Waals surface area contributed by atoms with Gasteiger partial charge in [0, 0.05) is 18.9 Å². The molecule has 4 nitrogen and oxygen atoms in total. The molecule has 0 saturated heterocycles. The van der Waals surface area contributed by atoms with Gasteiger partial charge in [0.1, 0.15) is 0 Å². The van der Waals surface area contributed by atoms with Gasteiger partial charge in [-0.1, -0.05) is 11.6 Å². The van der Waals surface area contributed by atoms with E-state index in [1.54, 1.807) is 19.3 Å². The summed E-state index contributed by atoms with van der Waals surface area (Å²) in [6, 6.07) is 0. The highest BCUT2D eigenvalue weighted by Crippen LogP contribution is 2.13. The van der Waals surface area contributed by atoms with E-state index in [9.17, 15) is 0 Å². The third kappa shape index (κ3) is 3.89. The van der Waals surface area contributed by atoms with Gasteiger partial charge in [0.2, 0.25) is 0 Å². The fraction of sp³-hybridized carbons (Fsp3) is 0.556. The normalized spacial score (nSPS) is 12.5. The summed E-state index contributed by atoms with van der Waals surface area (Å²) in [7, 11) is 0. The molecule has 0 fully saturated rings. The van der Waals surface area contributed by atoms with Gasteiger partial charge in [-0.05, 0) is 19.8 Å². The zero-order valence-corrected chi connectivity index (χ0v) is 8.83. The Labute approximate surface area is 88.3 Å². The lowest BCUT2D eigenvalue weighted by atomic mass is 10.2. The van der Waals surface area contributed by atoms with Crippen LogP contribution in [0, 0.1) is 0 Å². The molecule has 1 atom stereocenters. The van der Waals surface area contributed by atoms with Crippen LogP contribution >= 0.6 is 11.6 Å². The number of anilines is 1. The highest BCUT2D eigenvalue weighted by atomic mass is 35.5. The molecule has 1 heterocycles. The summed E-state index contributed by atoms with van der Waals surface area (Å²) in [5, 5.41) is 12.5. The Kier molecular flexibility index (Phi) is 4.62. The van der Waals surface area contributed by atoms with Gasteiger partial charge in [-0.25, -0.2) is 9.97 Å². The van der Waals surface area contributed by atoms with Gasteiger partial charge >= 0.3 is 0 Å². The van der Waals surface area contributed by atoms with Gasteiger partial charge < -0.3 is 10.4 Å². The summed E-state index contributed by atoms with van der Waals surface area (Å²) in [4.78, 5) is 7.91. The zero-order valence-electron chi connectivity index (χ0n) is 8.07. The number of aliphatic hydroxyl groups is 1. The Balaban J connectivity index is 2.28. The van der Waals surface area contributed by atoms with E-state index in [0.29, 0.717) is 11.0 Å². The van der Waals surface area contributed by atoms with E-state index in [-0.39, 0.29) is 6.10 Å². The molecule has 0 aromatic carbocycles. The Hall–Kier alpha value is -0.870. The number of hydrogen-bond acceptors (Lipinski definition) is 4. The standard InChI is InChI=1S/C9H14ClN3O/c1-7(14)3-2-4-12-9-8(10)11-5-6-13-9/h5-7,14H,2-4H2,1H3,(H,12,13). The van der Waals surface area contributed by atoms with Gasteiger partial charge in [0.25, 0.3) is 0 Å². The van der Waals surface area contributed by atoms with E-state index < -0.39 is 0 Å². The van der Waals surface area contributed by atoms with Crippen LogP contribution in [-0.2, 0) is 0 Å². The molecular formula is C9H14ClN3O. The maximum absolute atomic E-state index is 9.02. The summed E-state index contributed by atoms with van der Waals surface area (Å²) in [6.45, 7) is 2.51. The molecule has 0 amide bonds. The van der Waals surface area contributed by atoms with E-state index in [1.807, 2.05) is 0 Å². The van der Waals surface area contributed by atoms with Crippen LogP contribution in [0.5, 0.6) is 0 Å². The molecule has 1 unspecified atom stereocenters. The number of rotatable bonds is 5. The third-order valence-electron chi connectivity index (χ3n) is 1.74. The molecule has 0 spiro atoms. The lowest BCUT2D eigenvalue weighted by Crippen LogP contribution is -2.08. The molecule has 1 aromatic rings. The number of halogens is 1. The van der Waals surface area contributed by atoms with Gasteiger partial charge in [-0.15, -0.1) is 0 Å². The van der Waals surface area contributed by atoms with Crippen LogP contribution in [0.3, 0.4) is 0 Å². The highest BCUT2D eigenvalue weighted by Gasteiger charge is 2.00. The highest BCUT2D eigenvalue weighted by molar-refractivity contribution is 6.31. The van der Waals surface area contributed by atoms with E-state index in [0.717, 1.165) is 19.4 Å². The van der Waals surface area contributed by atoms with E-state index >= 15 is 0 Å². The Morgan fingerprint density at radius 3 is 2.86 bits per heavy atom. The Bertz CT molecular complexity index is 281. The maximum atomic E-state index is 9.02. The summed E-state index contributed by atoms with van der Waals surface area (Å²) in [5.74, 6) is 0.597. The van der Waals surface area contributed by atoms with Crippen molar-refractivity contribution in [3.8, 4) is 0 Å². The molecule has 0 aliphatic rings. The van der Waals surface area contributed by atoms with E-state index in [1.165, 1.54) is 0 Å². The first-order chi connectivity index (χ1) is 6.70. The quantitative estimate of drug-likeness (QED) is 0.735. The summed E-state index contributed by atoms with van der Waals surface area (Å²) in [5.41, 5.74) is 0. The largest absolute Gasteiger partial charge is 0.393 e. The predicted molar refractivity (Wildman–Crippen MR) is 56.4 cm³/mol. The van der Waals surface area contributed by atoms with Crippen molar-refractivity contribution in [2.24, 2.45) is 0 Å². The lowest BCUT2D eigenvalue weighted by molar-refractivity contribution is 0.183. The van der Waals surface area contributed by atoms with Crippen molar-refractivity contribution in [3.63, 3.8) is 0 Å². The molecule has 0 saturated carbocycles. The first-order valence-corrected chi connectivity index (χ1v) is 4.96. The molecule has 5 heteroatoms. The molecule has 0 aliphatic heterocycles. The summed E-state index contributed by atoms with van der Waals surface area (Å²) in [6.07, 6.45) is 4.52. The smallest absolute Gasteiger partial charge is 0.171 e. The number of hydrogen-bond donors (Lipinski definition) is 2. The fourth-order valence-corrected chi connectivity index (χ4v) is 1.22. The first kappa shape index (κ1) is 11.2. The van der Waals surface area contributed by atoms with Gasteiger partial charge in [0.15, 0.2) is 11.0 Å². The van der Waals surface area contributed by atoms with Crippen LogP contribution in [0.15, 0.2) is 12.4 Å². The van der Waals surface area contributed by atoms with Crippen LogP contribution in [0.1, 0.15) is 19.8 Å². The molecule has 2 N–H and O–H groups in total. The van der Waals surface area contributed by atoms with Gasteiger partial charge in [0.05, 0.1) is 6.10 Å². The maximum Gasteiger partial charge on any atom is 0.171 e. The topological polar surface area (TPSA) is 58.0 Å².